The largest absolute Gasteiger partial charge is 0.355 e. The molecule has 1 N–H and O–H groups in total. The van der Waals surface area contributed by atoms with E-state index in [1.807, 2.05) is 19.3 Å². The second-order valence-electron chi connectivity index (χ2n) is 4.85. The van der Waals surface area contributed by atoms with E-state index in [2.05, 4.69) is 39.1 Å². The summed E-state index contributed by atoms with van der Waals surface area (Å²) in [6, 6.07) is 0. The van der Waals surface area contributed by atoms with E-state index in [4.69, 9.17) is 0 Å². The van der Waals surface area contributed by atoms with Crippen LogP contribution in [0.5, 0.6) is 0 Å². The molecule has 2 rings (SSSR count). The lowest BCUT2D eigenvalue weighted by Crippen LogP contribution is -2.13. The van der Waals surface area contributed by atoms with Gasteiger partial charge in [-0.25, -0.2) is 9.97 Å². The molecule has 98 valence electrons. The molecule has 0 bridgehead atoms. The molecule has 0 atom stereocenters. The first-order chi connectivity index (χ1) is 8.65. The molecule has 2 aromatic heterocycles. The van der Waals surface area contributed by atoms with E-state index in [9.17, 15) is 0 Å². The molecule has 2 heterocycles. The predicted molar refractivity (Wildman–Crippen MR) is 76.1 cm³/mol. The van der Waals surface area contributed by atoms with Crippen molar-refractivity contribution in [1.82, 2.24) is 14.5 Å². The van der Waals surface area contributed by atoms with Crippen LogP contribution in [0.4, 0.5) is 5.95 Å². The van der Waals surface area contributed by atoms with Crippen molar-refractivity contribution in [3.8, 4) is 0 Å². The van der Waals surface area contributed by atoms with Gasteiger partial charge in [-0.2, -0.15) is 0 Å². The van der Waals surface area contributed by atoms with E-state index >= 15 is 0 Å². The summed E-state index contributed by atoms with van der Waals surface area (Å²) in [5.41, 5.74) is 1.11. The standard InChI is InChI=1S/C13H20N4S/c1-10(2)8-15-13-14-5-7-17(13)6-4-12-16-11(3)9-18-12/h5,7,9-10H,4,6,8H2,1-3H3,(H,14,15). The zero-order chi connectivity index (χ0) is 13.0. The first-order valence-corrected chi connectivity index (χ1v) is 7.19. The maximum Gasteiger partial charge on any atom is 0.202 e. The van der Waals surface area contributed by atoms with Crippen LogP contribution in [-0.4, -0.2) is 21.1 Å². The third-order valence-electron chi connectivity index (χ3n) is 2.62. The Bertz CT molecular complexity index is 487. The van der Waals surface area contributed by atoms with E-state index in [1.54, 1.807) is 11.3 Å². The SMILES string of the molecule is Cc1csc(CCn2ccnc2NCC(C)C)n1. The minimum absolute atomic E-state index is 0.622. The molecule has 0 unspecified atom stereocenters. The quantitative estimate of drug-likeness (QED) is 0.872. The fourth-order valence-corrected chi connectivity index (χ4v) is 2.45. The minimum Gasteiger partial charge on any atom is -0.355 e. The number of aryl methyl sites for hydroxylation is 3. The number of thiazole rings is 1. The van der Waals surface area contributed by atoms with Crippen LogP contribution in [0.25, 0.3) is 0 Å². The third-order valence-corrected chi connectivity index (χ3v) is 3.64. The van der Waals surface area contributed by atoms with Gasteiger partial charge < -0.3 is 9.88 Å². The number of rotatable bonds is 6. The fourth-order valence-electron chi connectivity index (χ4n) is 1.69. The van der Waals surface area contributed by atoms with Gasteiger partial charge in [-0.15, -0.1) is 11.3 Å². The van der Waals surface area contributed by atoms with Gasteiger partial charge in [-0.1, -0.05) is 13.8 Å². The molecule has 0 saturated carbocycles. The van der Waals surface area contributed by atoms with Crippen molar-refractivity contribution in [1.29, 1.82) is 0 Å². The Balaban J connectivity index is 1.91. The summed E-state index contributed by atoms with van der Waals surface area (Å²) in [4.78, 5) is 8.82. The van der Waals surface area contributed by atoms with Gasteiger partial charge in [0.15, 0.2) is 0 Å². The molecular formula is C13H20N4S. The molecule has 18 heavy (non-hydrogen) atoms. The average molecular weight is 264 g/mol. The maximum atomic E-state index is 4.48. The topological polar surface area (TPSA) is 42.7 Å². The van der Waals surface area contributed by atoms with E-state index in [-0.39, 0.29) is 0 Å². The van der Waals surface area contributed by atoms with Crippen molar-refractivity contribution in [2.75, 3.05) is 11.9 Å². The molecule has 0 spiro atoms. The molecule has 0 aliphatic heterocycles. The summed E-state index contributed by atoms with van der Waals surface area (Å²) in [7, 11) is 0. The van der Waals surface area contributed by atoms with E-state index < -0.39 is 0 Å². The number of anilines is 1. The third kappa shape index (κ3) is 3.57. The van der Waals surface area contributed by atoms with Crippen molar-refractivity contribution < 1.29 is 0 Å². The van der Waals surface area contributed by atoms with Crippen molar-refractivity contribution in [2.45, 2.75) is 33.7 Å². The van der Waals surface area contributed by atoms with Gasteiger partial charge in [0.1, 0.15) is 0 Å². The smallest absolute Gasteiger partial charge is 0.202 e. The monoisotopic (exact) mass is 264 g/mol. The lowest BCUT2D eigenvalue weighted by molar-refractivity contribution is 0.659. The van der Waals surface area contributed by atoms with Gasteiger partial charge in [0, 0.05) is 43.0 Å². The Morgan fingerprint density at radius 1 is 1.44 bits per heavy atom. The van der Waals surface area contributed by atoms with Crippen molar-refractivity contribution in [2.24, 2.45) is 5.92 Å². The van der Waals surface area contributed by atoms with E-state index in [1.165, 1.54) is 5.01 Å². The number of nitrogens with zero attached hydrogens (tertiary/aromatic N) is 3. The van der Waals surface area contributed by atoms with Crippen molar-refractivity contribution in [3.63, 3.8) is 0 Å². The van der Waals surface area contributed by atoms with Gasteiger partial charge in [-0.3, -0.25) is 0 Å². The molecule has 0 amide bonds. The summed E-state index contributed by atoms with van der Waals surface area (Å²) in [6.07, 6.45) is 4.82. The second kappa shape index (κ2) is 6.00. The molecule has 5 heteroatoms. The second-order valence-corrected chi connectivity index (χ2v) is 5.79. The van der Waals surface area contributed by atoms with Crippen molar-refractivity contribution >= 4 is 17.3 Å². The van der Waals surface area contributed by atoms with Gasteiger partial charge in [0.2, 0.25) is 5.95 Å². The molecular weight excluding hydrogens is 244 g/mol. The highest BCUT2D eigenvalue weighted by Gasteiger charge is 2.05. The summed E-state index contributed by atoms with van der Waals surface area (Å²) in [6.45, 7) is 8.30. The van der Waals surface area contributed by atoms with Crippen LogP contribution >= 0.6 is 11.3 Å². The van der Waals surface area contributed by atoms with Gasteiger partial charge in [0.05, 0.1) is 5.01 Å². The van der Waals surface area contributed by atoms with Crippen LogP contribution in [0.15, 0.2) is 17.8 Å². The Labute approximate surface area is 112 Å². The maximum absolute atomic E-state index is 4.48. The molecule has 0 fully saturated rings. The number of hydrogen-bond acceptors (Lipinski definition) is 4. The first kappa shape index (κ1) is 13.1. The molecule has 0 saturated heterocycles. The van der Waals surface area contributed by atoms with Crippen LogP contribution in [0, 0.1) is 12.8 Å². The van der Waals surface area contributed by atoms with Crippen LogP contribution in [-0.2, 0) is 13.0 Å². The lowest BCUT2D eigenvalue weighted by Gasteiger charge is -2.10. The normalized spacial score (nSPS) is 11.1. The van der Waals surface area contributed by atoms with Crippen LogP contribution in [0.1, 0.15) is 24.5 Å². The van der Waals surface area contributed by atoms with Crippen LogP contribution in [0.2, 0.25) is 0 Å². The Morgan fingerprint density at radius 2 is 2.28 bits per heavy atom. The van der Waals surface area contributed by atoms with Gasteiger partial charge in [0.25, 0.3) is 0 Å². The summed E-state index contributed by atoms with van der Waals surface area (Å²) in [5.74, 6) is 1.58. The molecule has 0 aromatic carbocycles. The number of hydrogen-bond donors (Lipinski definition) is 1. The number of aromatic nitrogens is 3. The van der Waals surface area contributed by atoms with Gasteiger partial charge >= 0.3 is 0 Å². The average Bonchev–Trinajstić information content (AvgIpc) is 2.92. The minimum atomic E-state index is 0.622. The Hall–Kier alpha value is -1.36. The summed E-state index contributed by atoms with van der Waals surface area (Å²) in [5, 5.41) is 6.66. The molecule has 2 aromatic rings. The highest BCUT2D eigenvalue weighted by molar-refractivity contribution is 7.09. The molecule has 0 radical (unpaired) electrons. The zero-order valence-corrected chi connectivity index (χ0v) is 12.0. The summed E-state index contributed by atoms with van der Waals surface area (Å²) < 4.78 is 2.15. The lowest BCUT2D eigenvalue weighted by atomic mass is 10.2. The molecule has 4 nitrogen and oxygen atoms in total. The Kier molecular flexibility index (Phi) is 4.36. The highest BCUT2D eigenvalue weighted by atomic mass is 32.1. The number of imidazole rings is 1. The molecule has 0 aliphatic rings. The fraction of sp³-hybridized carbons (Fsp3) is 0.538. The van der Waals surface area contributed by atoms with E-state index in [0.717, 1.165) is 31.2 Å². The predicted octanol–water partition coefficient (Wildman–Crippen LogP) is 2.96. The zero-order valence-electron chi connectivity index (χ0n) is 11.2. The summed E-state index contributed by atoms with van der Waals surface area (Å²) >= 11 is 1.73. The highest BCUT2D eigenvalue weighted by Crippen LogP contribution is 2.12. The van der Waals surface area contributed by atoms with Crippen LogP contribution in [0.3, 0.4) is 0 Å². The van der Waals surface area contributed by atoms with Crippen molar-refractivity contribution in [3.05, 3.63) is 28.5 Å². The molecule has 0 aliphatic carbocycles. The van der Waals surface area contributed by atoms with Gasteiger partial charge in [-0.05, 0) is 12.8 Å². The van der Waals surface area contributed by atoms with Crippen LogP contribution < -0.4 is 5.32 Å². The number of nitrogens with one attached hydrogen (secondary N) is 1. The van der Waals surface area contributed by atoms with E-state index in [0.29, 0.717) is 5.92 Å². The Morgan fingerprint density at radius 3 is 2.94 bits per heavy atom. The first-order valence-electron chi connectivity index (χ1n) is 6.31.